The molecular formula is C16H21N3. The summed E-state index contributed by atoms with van der Waals surface area (Å²) >= 11 is 0. The van der Waals surface area contributed by atoms with Gasteiger partial charge in [-0.2, -0.15) is 0 Å². The summed E-state index contributed by atoms with van der Waals surface area (Å²) in [5.74, 6) is 1.24. The average molecular weight is 255 g/mol. The molecule has 2 aromatic rings. The highest BCUT2D eigenvalue weighted by molar-refractivity contribution is 5.21. The number of hydrogen-bond donors (Lipinski definition) is 1. The topological polar surface area (TPSA) is 51.8 Å². The third-order valence-electron chi connectivity index (χ3n) is 3.10. The van der Waals surface area contributed by atoms with E-state index in [9.17, 15) is 0 Å². The lowest BCUT2D eigenvalue weighted by Crippen LogP contribution is -2.15. The van der Waals surface area contributed by atoms with Gasteiger partial charge in [-0.3, -0.25) is 0 Å². The molecule has 0 spiro atoms. The zero-order chi connectivity index (χ0) is 13.8. The van der Waals surface area contributed by atoms with Gasteiger partial charge in [0.1, 0.15) is 5.82 Å². The fourth-order valence-corrected chi connectivity index (χ4v) is 2.06. The van der Waals surface area contributed by atoms with Crippen molar-refractivity contribution in [1.29, 1.82) is 0 Å². The van der Waals surface area contributed by atoms with Gasteiger partial charge in [-0.25, -0.2) is 9.97 Å². The highest BCUT2D eigenvalue weighted by Gasteiger charge is 2.11. The first-order valence-corrected chi connectivity index (χ1v) is 6.71. The van der Waals surface area contributed by atoms with Crippen LogP contribution in [0.1, 0.15) is 48.6 Å². The predicted octanol–water partition coefficient (Wildman–Crippen LogP) is 3.15. The van der Waals surface area contributed by atoms with Crippen molar-refractivity contribution in [3.63, 3.8) is 0 Å². The molecule has 1 aromatic carbocycles. The largest absolute Gasteiger partial charge is 0.324 e. The van der Waals surface area contributed by atoms with Crippen molar-refractivity contribution in [1.82, 2.24) is 9.97 Å². The zero-order valence-electron chi connectivity index (χ0n) is 11.8. The zero-order valence-corrected chi connectivity index (χ0v) is 11.8. The maximum atomic E-state index is 6.24. The Morgan fingerprint density at radius 2 is 1.79 bits per heavy atom. The van der Waals surface area contributed by atoms with E-state index in [0.29, 0.717) is 5.92 Å². The number of rotatable bonds is 4. The molecule has 0 aliphatic rings. The third-order valence-corrected chi connectivity index (χ3v) is 3.10. The SMILES string of the molecule is Cc1cc(CC(N)c2ccccc2)nc(C(C)C)n1. The van der Waals surface area contributed by atoms with E-state index in [1.807, 2.05) is 31.2 Å². The second-order valence-corrected chi connectivity index (χ2v) is 5.23. The molecule has 2 rings (SSSR count). The number of benzene rings is 1. The van der Waals surface area contributed by atoms with Crippen molar-refractivity contribution in [3.05, 3.63) is 59.2 Å². The van der Waals surface area contributed by atoms with Crippen molar-refractivity contribution < 1.29 is 0 Å². The summed E-state index contributed by atoms with van der Waals surface area (Å²) in [6.45, 7) is 6.22. The minimum absolute atomic E-state index is 0.0180. The van der Waals surface area contributed by atoms with E-state index in [0.717, 1.165) is 29.2 Å². The fourth-order valence-electron chi connectivity index (χ4n) is 2.06. The Hall–Kier alpha value is -1.74. The van der Waals surface area contributed by atoms with Gasteiger partial charge in [0.2, 0.25) is 0 Å². The molecule has 3 nitrogen and oxygen atoms in total. The Kier molecular flexibility index (Phi) is 4.27. The molecule has 0 amide bonds. The summed E-state index contributed by atoms with van der Waals surface area (Å²) in [4.78, 5) is 9.07. The van der Waals surface area contributed by atoms with Crippen molar-refractivity contribution in [2.45, 2.75) is 39.2 Å². The maximum absolute atomic E-state index is 6.24. The van der Waals surface area contributed by atoms with E-state index >= 15 is 0 Å². The minimum Gasteiger partial charge on any atom is -0.324 e. The van der Waals surface area contributed by atoms with Gasteiger partial charge in [-0.15, -0.1) is 0 Å². The molecule has 0 aliphatic heterocycles. The quantitative estimate of drug-likeness (QED) is 0.913. The van der Waals surface area contributed by atoms with Gasteiger partial charge < -0.3 is 5.73 Å². The number of aryl methyl sites for hydroxylation is 1. The molecule has 0 saturated carbocycles. The Morgan fingerprint density at radius 3 is 2.42 bits per heavy atom. The molecule has 0 fully saturated rings. The second kappa shape index (κ2) is 5.93. The van der Waals surface area contributed by atoms with E-state index in [4.69, 9.17) is 5.73 Å². The van der Waals surface area contributed by atoms with Gasteiger partial charge in [0.15, 0.2) is 0 Å². The monoisotopic (exact) mass is 255 g/mol. The van der Waals surface area contributed by atoms with Crippen LogP contribution in [0.25, 0.3) is 0 Å². The van der Waals surface area contributed by atoms with Gasteiger partial charge in [0.05, 0.1) is 0 Å². The lowest BCUT2D eigenvalue weighted by molar-refractivity contribution is 0.681. The molecule has 1 unspecified atom stereocenters. The van der Waals surface area contributed by atoms with E-state index < -0.39 is 0 Å². The lowest BCUT2D eigenvalue weighted by Gasteiger charge is -2.13. The van der Waals surface area contributed by atoms with Gasteiger partial charge in [-0.1, -0.05) is 44.2 Å². The first-order valence-electron chi connectivity index (χ1n) is 6.71. The van der Waals surface area contributed by atoms with Gasteiger partial charge in [0, 0.05) is 29.8 Å². The molecule has 3 heteroatoms. The number of hydrogen-bond acceptors (Lipinski definition) is 3. The molecule has 100 valence electrons. The van der Waals surface area contributed by atoms with Crippen molar-refractivity contribution in [2.24, 2.45) is 5.73 Å². The van der Waals surface area contributed by atoms with E-state index in [1.165, 1.54) is 0 Å². The summed E-state index contributed by atoms with van der Waals surface area (Å²) in [6, 6.07) is 12.1. The lowest BCUT2D eigenvalue weighted by atomic mass is 10.0. The summed E-state index contributed by atoms with van der Waals surface area (Å²) in [5.41, 5.74) is 9.42. The van der Waals surface area contributed by atoms with Crippen molar-refractivity contribution in [3.8, 4) is 0 Å². The Morgan fingerprint density at radius 1 is 1.11 bits per heavy atom. The minimum atomic E-state index is -0.0180. The van der Waals surface area contributed by atoms with E-state index in [2.05, 4.69) is 35.9 Å². The Bertz CT molecular complexity index is 535. The predicted molar refractivity (Wildman–Crippen MR) is 77.9 cm³/mol. The molecule has 0 radical (unpaired) electrons. The molecule has 2 N–H and O–H groups in total. The van der Waals surface area contributed by atoms with E-state index in [-0.39, 0.29) is 6.04 Å². The van der Waals surface area contributed by atoms with Gasteiger partial charge >= 0.3 is 0 Å². The summed E-state index contributed by atoms with van der Waals surface area (Å²) in [7, 11) is 0. The highest BCUT2D eigenvalue weighted by Crippen LogP contribution is 2.17. The third kappa shape index (κ3) is 3.61. The molecule has 0 saturated heterocycles. The van der Waals surface area contributed by atoms with Crippen LogP contribution in [0.5, 0.6) is 0 Å². The van der Waals surface area contributed by atoms with Crippen LogP contribution in [0.15, 0.2) is 36.4 Å². The second-order valence-electron chi connectivity index (χ2n) is 5.23. The smallest absolute Gasteiger partial charge is 0.131 e. The number of nitrogens with zero attached hydrogens (tertiary/aromatic N) is 2. The van der Waals surface area contributed by atoms with Gasteiger partial charge in [-0.05, 0) is 18.6 Å². The standard InChI is InChI=1S/C16H21N3/c1-11(2)16-18-12(3)9-14(19-16)10-15(17)13-7-5-4-6-8-13/h4-9,11,15H,10,17H2,1-3H3. The van der Waals surface area contributed by atoms with Crippen LogP contribution in [0.3, 0.4) is 0 Å². The van der Waals surface area contributed by atoms with Crippen molar-refractivity contribution in [2.75, 3.05) is 0 Å². The van der Waals surface area contributed by atoms with Crippen LogP contribution in [-0.2, 0) is 6.42 Å². The number of nitrogens with two attached hydrogens (primary N) is 1. The summed E-state index contributed by atoms with van der Waals surface area (Å²) in [5, 5.41) is 0. The Labute approximate surface area is 114 Å². The molecule has 19 heavy (non-hydrogen) atoms. The van der Waals surface area contributed by atoms with Crippen LogP contribution in [-0.4, -0.2) is 9.97 Å². The maximum Gasteiger partial charge on any atom is 0.131 e. The van der Waals surface area contributed by atoms with Crippen molar-refractivity contribution >= 4 is 0 Å². The van der Waals surface area contributed by atoms with Crippen LogP contribution in [0.2, 0.25) is 0 Å². The fraction of sp³-hybridized carbons (Fsp3) is 0.375. The Balaban J connectivity index is 2.19. The number of aromatic nitrogens is 2. The average Bonchev–Trinajstić information content (AvgIpc) is 2.39. The molecule has 1 heterocycles. The molecular weight excluding hydrogens is 234 g/mol. The van der Waals surface area contributed by atoms with Crippen LogP contribution in [0, 0.1) is 6.92 Å². The summed E-state index contributed by atoms with van der Waals surface area (Å²) < 4.78 is 0. The first kappa shape index (κ1) is 13.7. The van der Waals surface area contributed by atoms with Gasteiger partial charge in [0.25, 0.3) is 0 Å². The van der Waals surface area contributed by atoms with Crippen LogP contribution >= 0.6 is 0 Å². The van der Waals surface area contributed by atoms with Crippen LogP contribution < -0.4 is 5.73 Å². The molecule has 0 aliphatic carbocycles. The summed E-state index contributed by atoms with van der Waals surface area (Å²) in [6.07, 6.45) is 0.743. The first-order chi connectivity index (χ1) is 9.06. The highest BCUT2D eigenvalue weighted by atomic mass is 14.9. The molecule has 1 atom stereocenters. The molecule has 1 aromatic heterocycles. The van der Waals surface area contributed by atoms with Crippen LogP contribution in [0.4, 0.5) is 0 Å². The normalized spacial score (nSPS) is 12.7. The molecule has 0 bridgehead atoms. The van der Waals surface area contributed by atoms with E-state index in [1.54, 1.807) is 0 Å².